The van der Waals surface area contributed by atoms with Gasteiger partial charge in [0.2, 0.25) is 0 Å². The van der Waals surface area contributed by atoms with Crippen LogP contribution in [0.25, 0.3) is 0 Å². The zero-order valence-corrected chi connectivity index (χ0v) is 22.2. The average molecular weight is 473 g/mol. The molecule has 0 saturated heterocycles. The molecule has 0 aliphatic heterocycles. The molecule has 0 aliphatic rings. The van der Waals surface area contributed by atoms with Gasteiger partial charge in [-0.1, -0.05) is 88.4 Å². The Morgan fingerprint density at radius 1 is 0.939 bits per heavy atom. The second kappa shape index (κ2) is 12.5. The van der Waals surface area contributed by atoms with Crippen LogP contribution in [0.1, 0.15) is 41.5 Å². The van der Waals surface area contributed by atoms with Crippen LogP contribution in [0, 0.1) is 11.8 Å². The molecular formula is C27H40O5Si. The molecule has 33 heavy (non-hydrogen) atoms. The van der Waals surface area contributed by atoms with Gasteiger partial charge < -0.3 is 18.6 Å². The van der Waals surface area contributed by atoms with E-state index < -0.39 is 14.2 Å². The van der Waals surface area contributed by atoms with Crippen molar-refractivity contribution in [1.29, 1.82) is 0 Å². The number of ether oxygens (including phenoxy) is 3. The Bertz CT molecular complexity index is 795. The summed E-state index contributed by atoms with van der Waals surface area (Å²) >= 11 is 0. The van der Waals surface area contributed by atoms with Gasteiger partial charge in [-0.05, 0) is 29.3 Å². The van der Waals surface area contributed by atoms with Gasteiger partial charge in [0, 0.05) is 19.6 Å². The Morgan fingerprint density at radius 2 is 1.45 bits per heavy atom. The van der Waals surface area contributed by atoms with Crippen LogP contribution in [0.5, 0.6) is 0 Å². The molecule has 0 radical (unpaired) electrons. The normalized spacial score (nSPS) is 15.0. The molecule has 0 heterocycles. The van der Waals surface area contributed by atoms with Crippen LogP contribution in [-0.2, 0) is 23.4 Å². The lowest BCUT2D eigenvalue weighted by molar-refractivity contribution is -0.162. The zero-order chi connectivity index (χ0) is 24.5. The number of methoxy groups -OCH3 is 1. The molecule has 0 spiro atoms. The fourth-order valence-corrected chi connectivity index (χ4v) is 9.14. The molecule has 0 saturated carbocycles. The Kier molecular flexibility index (Phi) is 10.3. The van der Waals surface area contributed by atoms with E-state index >= 15 is 0 Å². The zero-order valence-electron chi connectivity index (χ0n) is 21.2. The number of esters is 1. The summed E-state index contributed by atoms with van der Waals surface area (Å²) in [5.74, 6) is -0.755. The SMILES string of the molecule is CCOC(=O)[C@@H](C)[C@H](OCOC)[C@@H](C)CO[Si](c1ccccc1)(c1ccccc1)C(C)(C)C. The van der Waals surface area contributed by atoms with Crippen LogP contribution < -0.4 is 10.4 Å². The second-order valence-electron chi connectivity index (χ2n) is 9.53. The topological polar surface area (TPSA) is 54.0 Å². The van der Waals surface area contributed by atoms with Crippen molar-refractivity contribution < 1.29 is 23.4 Å². The Morgan fingerprint density at radius 3 is 1.88 bits per heavy atom. The van der Waals surface area contributed by atoms with E-state index in [2.05, 4.69) is 76.2 Å². The van der Waals surface area contributed by atoms with Crippen molar-refractivity contribution in [2.24, 2.45) is 11.8 Å². The highest BCUT2D eigenvalue weighted by Crippen LogP contribution is 2.37. The van der Waals surface area contributed by atoms with Crippen molar-refractivity contribution in [2.45, 2.75) is 52.7 Å². The van der Waals surface area contributed by atoms with Crippen molar-refractivity contribution in [1.82, 2.24) is 0 Å². The minimum absolute atomic E-state index is 0.0544. The van der Waals surface area contributed by atoms with E-state index in [1.54, 1.807) is 7.11 Å². The van der Waals surface area contributed by atoms with Crippen LogP contribution in [0.2, 0.25) is 5.04 Å². The van der Waals surface area contributed by atoms with Crippen LogP contribution in [-0.4, -0.2) is 47.5 Å². The molecule has 0 fully saturated rings. The van der Waals surface area contributed by atoms with Gasteiger partial charge in [0.15, 0.2) is 0 Å². The molecular weight excluding hydrogens is 432 g/mol. The molecule has 6 heteroatoms. The highest BCUT2D eigenvalue weighted by molar-refractivity contribution is 6.99. The van der Waals surface area contributed by atoms with Crippen LogP contribution in [0.15, 0.2) is 60.7 Å². The Balaban J connectivity index is 2.42. The molecule has 2 aromatic rings. The highest BCUT2D eigenvalue weighted by atomic mass is 28.4. The number of rotatable bonds is 12. The van der Waals surface area contributed by atoms with E-state index in [1.165, 1.54) is 10.4 Å². The van der Waals surface area contributed by atoms with Gasteiger partial charge in [-0.15, -0.1) is 0 Å². The van der Waals surface area contributed by atoms with Crippen molar-refractivity contribution in [3.8, 4) is 0 Å². The van der Waals surface area contributed by atoms with E-state index in [-0.39, 0.29) is 29.8 Å². The quantitative estimate of drug-likeness (QED) is 0.261. The summed E-state index contributed by atoms with van der Waals surface area (Å²) in [6.07, 6.45) is -0.387. The first-order valence-corrected chi connectivity index (χ1v) is 13.6. The first-order chi connectivity index (χ1) is 15.7. The minimum Gasteiger partial charge on any atom is -0.466 e. The van der Waals surface area contributed by atoms with Crippen LogP contribution >= 0.6 is 0 Å². The molecule has 0 amide bonds. The monoisotopic (exact) mass is 472 g/mol. The van der Waals surface area contributed by atoms with Gasteiger partial charge in [-0.2, -0.15) is 0 Å². The maximum Gasteiger partial charge on any atom is 0.311 e. The molecule has 182 valence electrons. The predicted molar refractivity (Wildman–Crippen MR) is 135 cm³/mol. The van der Waals surface area contributed by atoms with E-state index in [4.69, 9.17) is 18.6 Å². The molecule has 0 unspecified atom stereocenters. The lowest BCUT2D eigenvalue weighted by Crippen LogP contribution is -2.67. The molecule has 0 aromatic heterocycles. The fourth-order valence-electron chi connectivity index (χ4n) is 4.47. The highest BCUT2D eigenvalue weighted by Gasteiger charge is 2.50. The lowest BCUT2D eigenvalue weighted by Gasteiger charge is -2.44. The third-order valence-electron chi connectivity index (χ3n) is 6.07. The van der Waals surface area contributed by atoms with Crippen molar-refractivity contribution in [3.05, 3.63) is 60.7 Å². The maximum atomic E-state index is 12.5. The molecule has 0 aliphatic carbocycles. The molecule has 0 bridgehead atoms. The van der Waals surface area contributed by atoms with Gasteiger partial charge in [-0.3, -0.25) is 4.79 Å². The molecule has 3 atom stereocenters. The molecule has 5 nitrogen and oxygen atoms in total. The summed E-state index contributed by atoms with van der Waals surface area (Å²) < 4.78 is 23.4. The second-order valence-corrected chi connectivity index (χ2v) is 13.8. The van der Waals surface area contributed by atoms with Gasteiger partial charge >= 0.3 is 5.97 Å². The third-order valence-corrected chi connectivity index (χ3v) is 11.1. The Labute approximate surface area is 200 Å². The minimum atomic E-state index is -2.67. The van der Waals surface area contributed by atoms with Gasteiger partial charge in [0.05, 0.1) is 18.6 Å². The summed E-state index contributed by atoms with van der Waals surface area (Å²) in [7, 11) is -1.09. The van der Waals surface area contributed by atoms with E-state index in [0.29, 0.717) is 13.2 Å². The number of carbonyl (C=O) groups excluding carboxylic acids is 1. The van der Waals surface area contributed by atoms with Gasteiger partial charge in [-0.25, -0.2) is 0 Å². The molecule has 0 N–H and O–H groups in total. The van der Waals surface area contributed by atoms with E-state index in [0.717, 1.165) is 0 Å². The number of hydrogen-bond acceptors (Lipinski definition) is 5. The summed E-state index contributed by atoms with van der Waals surface area (Å²) in [4.78, 5) is 12.5. The molecule has 2 rings (SSSR count). The first-order valence-electron chi connectivity index (χ1n) is 11.7. The number of carbonyl (C=O) groups is 1. The summed E-state index contributed by atoms with van der Waals surface area (Å²) in [6, 6.07) is 21.1. The third kappa shape index (κ3) is 6.54. The first kappa shape index (κ1) is 27.3. The average Bonchev–Trinajstić information content (AvgIpc) is 2.80. The fraction of sp³-hybridized carbons (Fsp3) is 0.519. The largest absolute Gasteiger partial charge is 0.466 e. The lowest BCUT2D eigenvalue weighted by atomic mass is 9.94. The Hall–Kier alpha value is -1.99. The molecule has 2 aromatic carbocycles. The standard InChI is InChI=1S/C27H40O5Si/c1-8-30-26(28)22(3)25(31-20-29-7)21(2)19-32-33(27(4,5)6,23-15-11-9-12-16-23)24-17-13-10-14-18-24/h9-18,21-22,25H,8,19-20H2,1-7H3/t21-,22-,25+/m0/s1. The van der Waals surface area contributed by atoms with Gasteiger partial charge in [0.1, 0.15) is 6.79 Å². The summed E-state index contributed by atoms with van der Waals surface area (Å²) in [5.41, 5.74) is 0. The van der Waals surface area contributed by atoms with Crippen molar-refractivity contribution >= 4 is 24.7 Å². The number of hydrogen-bond donors (Lipinski definition) is 0. The number of benzene rings is 2. The summed E-state index contributed by atoms with van der Waals surface area (Å²) in [6.45, 7) is 13.4. The summed E-state index contributed by atoms with van der Waals surface area (Å²) in [5, 5.41) is 2.33. The maximum absolute atomic E-state index is 12.5. The van der Waals surface area contributed by atoms with E-state index in [1.807, 2.05) is 26.0 Å². The van der Waals surface area contributed by atoms with Gasteiger partial charge in [0.25, 0.3) is 8.32 Å². The van der Waals surface area contributed by atoms with Crippen molar-refractivity contribution in [2.75, 3.05) is 27.1 Å². The van der Waals surface area contributed by atoms with Crippen LogP contribution in [0.3, 0.4) is 0 Å². The van der Waals surface area contributed by atoms with Crippen molar-refractivity contribution in [3.63, 3.8) is 0 Å². The van der Waals surface area contributed by atoms with E-state index in [9.17, 15) is 4.79 Å². The predicted octanol–water partition coefficient (Wildman–Crippen LogP) is 4.39. The van der Waals surface area contributed by atoms with Crippen LogP contribution in [0.4, 0.5) is 0 Å². The smallest absolute Gasteiger partial charge is 0.311 e.